The molecule has 0 atom stereocenters. The van der Waals surface area contributed by atoms with Gasteiger partial charge in [0, 0.05) is 10.8 Å². The first-order valence-corrected chi connectivity index (χ1v) is 4.06. The van der Waals surface area contributed by atoms with E-state index < -0.39 is 0 Å². The lowest BCUT2D eigenvalue weighted by Gasteiger charge is -1.90. The highest BCUT2D eigenvalue weighted by Gasteiger charge is 1.90. The van der Waals surface area contributed by atoms with Crippen molar-refractivity contribution in [1.29, 1.82) is 10.5 Å². The quantitative estimate of drug-likeness (QED) is 0.613. The Morgan fingerprint density at radius 3 is 2.00 bits per heavy atom. The summed E-state index contributed by atoms with van der Waals surface area (Å²) in [5, 5.41) is 18.7. The molecule has 0 aromatic heterocycles. The van der Waals surface area contributed by atoms with Gasteiger partial charge in [0.1, 0.15) is 11.8 Å². The Morgan fingerprint density at radius 1 is 1.07 bits per heavy atom. The van der Waals surface area contributed by atoms with Gasteiger partial charge in [-0.2, -0.15) is 10.5 Å². The van der Waals surface area contributed by atoms with E-state index in [1.165, 1.54) is 0 Å². The van der Waals surface area contributed by atoms with Gasteiger partial charge in [0.05, 0.1) is 6.07 Å². The number of hydrogen-bond donors (Lipinski definition) is 1. The number of hydrogen-bond acceptors (Lipinski definition) is 3. The monoisotopic (exact) mass is 183 g/mol. The van der Waals surface area contributed by atoms with E-state index in [1.54, 1.807) is 31.2 Å². The van der Waals surface area contributed by atoms with Gasteiger partial charge in [0.25, 0.3) is 0 Å². The second-order valence-corrected chi connectivity index (χ2v) is 2.84. The first kappa shape index (κ1) is 9.83. The third kappa shape index (κ3) is 1.91. The third-order valence-corrected chi connectivity index (χ3v) is 1.92. The highest BCUT2D eigenvalue weighted by atomic mass is 14.6. The van der Waals surface area contributed by atoms with E-state index in [0.717, 1.165) is 5.22 Å². The standard InChI is InChI=1S/C11H9N3/c1-8(6-12)9-2-4-10(5-3-9)11(14)7-13/h2-5H,14H2,1H3. The van der Waals surface area contributed by atoms with E-state index in [2.05, 4.69) is 6.07 Å². The zero-order chi connectivity index (χ0) is 10.6. The highest BCUT2D eigenvalue weighted by molar-refractivity contribution is 5.58. The Kier molecular flexibility index (Phi) is 2.89. The maximum absolute atomic E-state index is 8.64. The smallest absolute Gasteiger partial charge is 0.118 e. The topological polar surface area (TPSA) is 73.6 Å². The van der Waals surface area contributed by atoms with Crippen molar-refractivity contribution in [3.8, 4) is 12.1 Å². The van der Waals surface area contributed by atoms with E-state index in [9.17, 15) is 0 Å². The first-order valence-electron chi connectivity index (χ1n) is 4.06. The van der Waals surface area contributed by atoms with Crippen LogP contribution in [0.1, 0.15) is 6.92 Å². The van der Waals surface area contributed by atoms with Crippen LogP contribution < -0.4 is 16.2 Å². The van der Waals surface area contributed by atoms with Crippen LogP contribution in [-0.4, -0.2) is 0 Å². The van der Waals surface area contributed by atoms with Crippen molar-refractivity contribution in [3.05, 3.63) is 34.7 Å². The maximum Gasteiger partial charge on any atom is 0.118 e. The summed E-state index contributed by atoms with van der Waals surface area (Å²) in [6.45, 7) is 1.74. The normalized spacial score (nSPS) is 8.50. The molecule has 0 aliphatic heterocycles. The molecule has 0 aliphatic carbocycles. The van der Waals surface area contributed by atoms with Crippen molar-refractivity contribution in [2.45, 2.75) is 6.92 Å². The van der Waals surface area contributed by atoms with Crippen molar-refractivity contribution in [1.82, 2.24) is 0 Å². The first-order chi connectivity index (χ1) is 6.69. The minimum atomic E-state index is 0.186. The van der Waals surface area contributed by atoms with E-state index in [4.69, 9.17) is 16.3 Å². The molecule has 1 rings (SSSR count). The second kappa shape index (κ2) is 4.11. The molecule has 3 nitrogen and oxygen atoms in total. The van der Waals surface area contributed by atoms with Gasteiger partial charge in [0.15, 0.2) is 0 Å². The van der Waals surface area contributed by atoms with Gasteiger partial charge in [-0.1, -0.05) is 24.3 Å². The van der Waals surface area contributed by atoms with Crippen LogP contribution >= 0.6 is 0 Å². The van der Waals surface area contributed by atoms with Gasteiger partial charge in [0.2, 0.25) is 0 Å². The van der Waals surface area contributed by atoms with Crippen LogP contribution in [0.4, 0.5) is 0 Å². The fourth-order valence-corrected chi connectivity index (χ4v) is 1.03. The Labute approximate surface area is 82.0 Å². The SMILES string of the molecule is CC(C#N)=c1ccc(=C(N)C#N)cc1. The van der Waals surface area contributed by atoms with E-state index in [0.29, 0.717) is 10.8 Å². The largest absolute Gasteiger partial charge is 0.390 e. The summed E-state index contributed by atoms with van der Waals surface area (Å²) < 4.78 is 0. The molecule has 3 heteroatoms. The molecule has 0 amide bonds. The van der Waals surface area contributed by atoms with Gasteiger partial charge in [-0.15, -0.1) is 0 Å². The zero-order valence-electron chi connectivity index (χ0n) is 7.78. The van der Waals surface area contributed by atoms with Gasteiger partial charge in [-0.3, -0.25) is 0 Å². The Bertz CT molecular complexity index is 467. The van der Waals surface area contributed by atoms with E-state index >= 15 is 0 Å². The highest BCUT2D eigenvalue weighted by Crippen LogP contribution is 1.85. The van der Waals surface area contributed by atoms with Crippen LogP contribution in [-0.2, 0) is 0 Å². The second-order valence-electron chi connectivity index (χ2n) is 2.84. The summed E-state index contributed by atoms with van der Waals surface area (Å²) in [6.07, 6.45) is 0. The molecule has 0 saturated heterocycles. The summed E-state index contributed by atoms with van der Waals surface area (Å²) in [5.74, 6) is 0. The number of rotatable bonds is 0. The molecule has 0 radical (unpaired) electrons. The molecule has 0 unspecified atom stereocenters. The molecule has 0 bridgehead atoms. The van der Waals surface area contributed by atoms with Crippen LogP contribution in [0.5, 0.6) is 0 Å². The molecule has 1 aromatic rings. The Balaban J connectivity index is 3.45. The fraction of sp³-hybridized carbons (Fsp3) is 0.0909. The van der Waals surface area contributed by atoms with E-state index in [1.807, 2.05) is 6.07 Å². The summed E-state index contributed by atoms with van der Waals surface area (Å²) in [6, 6.07) is 10.9. The molecule has 1 aromatic carbocycles. The fourth-order valence-electron chi connectivity index (χ4n) is 1.03. The predicted molar refractivity (Wildman–Crippen MR) is 53.6 cm³/mol. The lowest BCUT2D eigenvalue weighted by Crippen LogP contribution is -2.14. The van der Waals surface area contributed by atoms with Crippen molar-refractivity contribution >= 4 is 11.3 Å². The Morgan fingerprint density at radius 2 is 1.57 bits per heavy atom. The van der Waals surface area contributed by atoms with Gasteiger partial charge >= 0.3 is 0 Å². The summed E-state index contributed by atoms with van der Waals surface area (Å²) in [5.41, 5.74) is 6.27. The van der Waals surface area contributed by atoms with Gasteiger partial charge < -0.3 is 5.73 Å². The number of nitriles is 2. The van der Waals surface area contributed by atoms with Crippen LogP contribution in [0, 0.1) is 22.7 Å². The zero-order valence-corrected chi connectivity index (χ0v) is 7.78. The molecule has 14 heavy (non-hydrogen) atoms. The minimum absolute atomic E-state index is 0.186. The molecule has 2 N–H and O–H groups in total. The van der Waals surface area contributed by atoms with Gasteiger partial charge in [-0.25, -0.2) is 0 Å². The average Bonchev–Trinajstić information content (AvgIpc) is 2.27. The molecular weight excluding hydrogens is 174 g/mol. The van der Waals surface area contributed by atoms with Crippen molar-refractivity contribution in [2.75, 3.05) is 0 Å². The van der Waals surface area contributed by atoms with Crippen LogP contribution in [0.3, 0.4) is 0 Å². The molecular formula is C11H9N3. The average molecular weight is 183 g/mol. The molecule has 0 fully saturated rings. The van der Waals surface area contributed by atoms with Crippen molar-refractivity contribution in [3.63, 3.8) is 0 Å². The predicted octanol–water partition coefficient (Wildman–Crippen LogP) is -0.0287. The lowest BCUT2D eigenvalue weighted by molar-refractivity contribution is 1.43. The molecule has 68 valence electrons. The summed E-state index contributed by atoms with van der Waals surface area (Å²) in [7, 11) is 0. The van der Waals surface area contributed by atoms with Crippen LogP contribution in [0.15, 0.2) is 24.3 Å². The van der Waals surface area contributed by atoms with Crippen LogP contribution in [0.2, 0.25) is 0 Å². The summed E-state index contributed by atoms with van der Waals surface area (Å²) >= 11 is 0. The van der Waals surface area contributed by atoms with Crippen LogP contribution in [0.25, 0.3) is 11.3 Å². The minimum Gasteiger partial charge on any atom is -0.390 e. The number of benzene rings is 1. The summed E-state index contributed by atoms with van der Waals surface area (Å²) in [4.78, 5) is 0. The maximum atomic E-state index is 8.64. The van der Waals surface area contributed by atoms with Gasteiger partial charge in [-0.05, 0) is 12.1 Å². The molecule has 0 spiro atoms. The van der Waals surface area contributed by atoms with Crippen molar-refractivity contribution < 1.29 is 0 Å². The third-order valence-electron chi connectivity index (χ3n) is 1.92. The molecule has 0 aliphatic rings. The molecule has 0 heterocycles. The van der Waals surface area contributed by atoms with Crippen molar-refractivity contribution in [2.24, 2.45) is 5.73 Å². The Hall–Kier alpha value is -2.26. The molecule has 0 saturated carbocycles. The van der Waals surface area contributed by atoms with E-state index in [-0.39, 0.29) is 5.70 Å². The number of nitrogens with zero attached hydrogens (tertiary/aromatic N) is 2. The lowest BCUT2D eigenvalue weighted by atomic mass is 10.2. The number of nitrogens with two attached hydrogens (primary N) is 1.